The third-order valence-electron chi connectivity index (χ3n) is 3.47. The van der Waals surface area contributed by atoms with Crippen LogP contribution < -0.4 is 20.1 Å². The van der Waals surface area contributed by atoms with Crippen molar-refractivity contribution >= 4 is 11.6 Å². The molecule has 0 atom stereocenters. The van der Waals surface area contributed by atoms with E-state index in [0.29, 0.717) is 31.7 Å². The van der Waals surface area contributed by atoms with Gasteiger partial charge >= 0.3 is 0 Å². The molecule has 0 fully saturated rings. The van der Waals surface area contributed by atoms with Crippen LogP contribution in [0.15, 0.2) is 48.5 Å². The number of rotatable bonds is 9. The number of methoxy groups -OCH3 is 1. The predicted molar refractivity (Wildman–Crippen MR) is 95.8 cm³/mol. The second-order valence-corrected chi connectivity index (χ2v) is 5.21. The molecule has 2 rings (SSSR count). The van der Waals surface area contributed by atoms with Gasteiger partial charge in [-0.05, 0) is 36.4 Å². The molecule has 0 aliphatic heterocycles. The third-order valence-corrected chi connectivity index (χ3v) is 3.47. The van der Waals surface area contributed by atoms with Gasteiger partial charge in [0.05, 0.1) is 24.9 Å². The summed E-state index contributed by atoms with van der Waals surface area (Å²) in [6, 6.07) is 16.6. The molecule has 0 aliphatic carbocycles. The summed E-state index contributed by atoms with van der Waals surface area (Å²) < 4.78 is 10.6. The van der Waals surface area contributed by atoms with Gasteiger partial charge in [0, 0.05) is 13.0 Å². The van der Waals surface area contributed by atoms with Gasteiger partial charge in [-0.2, -0.15) is 5.26 Å². The summed E-state index contributed by atoms with van der Waals surface area (Å²) in [6.07, 6.45) is 0.322. The molecule has 0 saturated carbocycles. The fourth-order valence-electron chi connectivity index (χ4n) is 2.17. The third kappa shape index (κ3) is 6.07. The van der Waals surface area contributed by atoms with Crippen LogP contribution in [0.4, 0.5) is 5.69 Å². The van der Waals surface area contributed by atoms with Crippen molar-refractivity contribution in [1.29, 1.82) is 5.26 Å². The van der Waals surface area contributed by atoms with Crippen molar-refractivity contribution in [2.45, 2.75) is 6.42 Å². The van der Waals surface area contributed by atoms with E-state index in [1.807, 2.05) is 36.4 Å². The number of para-hydroxylation sites is 1. The molecule has 0 aliphatic rings. The summed E-state index contributed by atoms with van der Waals surface area (Å²) in [5.74, 6) is 1.43. The number of anilines is 1. The lowest BCUT2D eigenvalue weighted by atomic mass is 10.2. The Balaban J connectivity index is 1.61. The van der Waals surface area contributed by atoms with E-state index in [2.05, 4.69) is 16.7 Å². The van der Waals surface area contributed by atoms with Crippen LogP contribution in [0.25, 0.3) is 0 Å². The summed E-state index contributed by atoms with van der Waals surface area (Å²) in [6.45, 7) is 1.28. The average Bonchev–Trinajstić information content (AvgIpc) is 2.66. The van der Waals surface area contributed by atoms with Gasteiger partial charge < -0.3 is 20.1 Å². The Hall–Kier alpha value is -3.20. The van der Waals surface area contributed by atoms with Crippen molar-refractivity contribution in [3.63, 3.8) is 0 Å². The molecule has 0 spiro atoms. The molecular formula is C19H21N3O3. The van der Waals surface area contributed by atoms with Gasteiger partial charge in [0.2, 0.25) is 5.91 Å². The number of nitrogens with one attached hydrogen (secondary N) is 2. The largest absolute Gasteiger partial charge is 0.497 e. The summed E-state index contributed by atoms with van der Waals surface area (Å²) in [5, 5.41) is 14.9. The van der Waals surface area contributed by atoms with Gasteiger partial charge in [0.15, 0.2) is 0 Å². The maximum Gasteiger partial charge on any atom is 0.221 e. The van der Waals surface area contributed by atoms with E-state index in [1.54, 1.807) is 19.2 Å². The van der Waals surface area contributed by atoms with E-state index in [1.165, 1.54) is 0 Å². The number of benzene rings is 2. The molecule has 130 valence electrons. The highest BCUT2D eigenvalue weighted by Gasteiger charge is 2.03. The first kappa shape index (κ1) is 18.1. The molecule has 0 heterocycles. The van der Waals surface area contributed by atoms with Crippen LogP contribution >= 0.6 is 0 Å². The monoisotopic (exact) mass is 339 g/mol. The molecule has 6 heteroatoms. The molecule has 0 bridgehead atoms. The van der Waals surface area contributed by atoms with Crippen LogP contribution in [-0.2, 0) is 4.79 Å². The Labute approximate surface area is 147 Å². The average molecular weight is 339 g/mol. The van der Waals surface area contributed by atoms with E-state index in [-0.39, 0.29) is 5.91 Å². The van der Waals surface area contributed by atoms with Crippen LogP contribution in [-0.4, -0.2) is 32.7 Å². The molecule has 0 aromatic heterocycles. The van der Waals surface area contributed by atoms with Gasteiger partial charge in [0.25, 0.3) is 0 Å². The summed E-state index contributed by atoms with van der Waals surface area (Å²) >= 11 is 0. The maximum absolute atomic E-state index is 11.8. The van der Waals surface area contributed by atoms with E-state index >= 15 is 0 Å². The highest BCUT2D eigenvalue weighted by molar-refractivity contribution is 5.76. The fraction of sp³-hybridized carbons (Fsp3) is 0.263. The molecule has 6 nitrogen and oxygen atoms in total. The number of nitrogens with zero attached hydrogens (tertiary/aromatic N) is 1. The van der Waals surface area contributed by atoms with Gasteiger partial charge in [0.1, 0.15) is 24.2 Å². The second kappa shape index (κ2) is 9.83. The SMILES string of the molecule is COc1ccc(OCCNC(=O)CCNc2ccccc2C#N)cc1. The second-order valence-electron chi connectivity index (χ2n) is 5.21. The number of nitriles is 1. The zero-order valence-electron chi connectivity index (χ0n) is 14.1. The molecular weight excluding hydrogens is 318 g/mol. The number of carbonyl (C=O) groups excluding carboxylic acids is 1. The van der Waals surface area contributed by atoms with Crippen LogP contribution in [0.3, 0.4) is 0 Å². The minimum Gasteiger partial charge on any atom is -0.497 e. The Morgan fingerprint density at radius 2 is 1.80 bits per heavy atom. The molecule has 0 saturated heterocycles. The fourth-order valence-corrected chi connectivity index (χ4v) is 2.17. The Morgan fingerprint density at radius 3 is 2.52 bits per heavy atom. The summed E-state index contributed by atoms with van der Waals surface area (Å²) in [7, 11) is 1.61. The lowest BCUT2D eigenvalue weighted by Gasteiger charge is -2.10. The Bertz CT molecular complexity index is 723. The van der Waals surface area contributed by atoms with Crippen molar-refractivity contribution in [3.8, 4) is 17.6 Å². The lowest BCUT2D eigenvalue weighted by Crippen LogP contribution is -2.29. The molecule has 0 radical (unpaired) electrons. The lowest BCUT2D eigenvalue weighted by molar-refractivity contribution is -0.120. The van der Waals surface area contributed by atoms with Crippen LogP contribution in [0.1, 0.15) is 12.0 Å². The minimum atomic E-state index is -0.0692. The minimum absolute atomic E-state index is 0.0692. The van der Waals surface area contributed by atoms with Gasteiger partial charge in [-0.3, -0.25) is 4.79 Å². The van der Waals surface area contributed by atoms with E-state index in [9.17, 15) is 4.79 Å². The van der Waals surface area contributed by atoms with Crippen molar-refractivity contribution < 1.29 is 14.3 Å². The Kier molecular flexibility index (Phi) is 7.13. The highest BCUT2D eigenvalue weighted by Crippen LogP contribution is 2.16. The molecule has 2 aromatic carbocycles. The molecule has 1 amide bonds. The predicted octanol–water partition coefficient (Wildman–Crippen LogP) is 2.56. The summed E-state index contributed by atoms with van der Waals surface area (Å²) in [5.41, 5.74) is 1.30. The van der Waals surface area contributed by atoms with Gasteiger partial charge in [-0.1, -0.05) is 12.1 Å². The van der Waals surface area contributed by atoms with E-state index < -0.39 is 0 Å². The topological polar surface area (TPSA) is 83.4 Å². The zero-order valence-corrected chi connectivity index (χ0v) is 14.1. The van der Waals surface area contributed by atoms with Gasteiger partial charge in [-0.25, -0.2) is 0 Å². The molecule has 2 aromatic rings. The smallest absolute Gasteiger partial charge is 0.221 e. The van der Waals surface area contributed by atoms with Gasteiger partial charge in [-0.15, -0.1) is 0 Å². The first-order chi connectivity index (χ1) is 12.2. The van der Waals surface area contributed by atoms with Crippen molar-refractivity contribution in [1.82, 2.24) is 5.32 Å². The number of ether oxygens (including phenoxy) is 2. The standard InChI is InChI=1S/C19H21N3O3/c1-24-16-6-8-17(9-7-16)25-13-12-22-19(23)10-11-21-18-5-3-2-4-15(18)14-20/h2-9,21H,10-13H2,1H3,(H,22,23). The first-order valence-electron chi connectivity index (χ1n) is 7.99. The van der Waals surface area contributed by atoms with Crippen molar-refractivity contribution in [2.75, 3.05) is 32.1 Å². The number of amides is 1. The Morgan fingerprint density at radius 1 is 1.08 bits per heavy atom. The van der Waals surface area contributed by atoms with E-state index in [0.717, 1.165) is 17.2 Å². The normalized spacial score (nSPS) is 9.76. The van der Waals surface area contributed by atoms with Crippen LogP contribution in [0.5, 0.6) is 11.5 Å². The number of carbonyl (C=O) groups is 1. The first-order valence-corrected chi connectivity index (χ1v) is 7.99. The van der Waals surface area contributed by atoms with Crippen LogP contribution in [0.2, 0.25) is 0 Å². The van der Waals surface area contributed by atoms with Crippen molar-refractivity contribution in [2.24, 2.45) is 0 Å². The van der Waals surface area contributed by atoms with Crippen LogP contribution in [0, 0.1) is 11.3 Å². The van der Waals surface area contributed by atoms with E-state index in [4.69, 9.17) is 14.7 Å². The van der Waals surface area contributed by atoms with Crippen molar-refractivity contribution in [3.05, 3.63) is 54.1 Å². The maximum atomic E-state index is 11.8. The molecule has 25 heavy (non-hydrogen) atoms. The molecule has 0 unspecified atom stereocenters. The quantitative estimate of drug-likeness (QED) is 0.686. The molecule has 2 N–H and O–H groups in total. The zero-order chi connectivity index (χ0) is 17.9. The summed E-state index contributed by atoms with van der Waals surface area (Å²) in [4.78, 5) is 11.8. The highest BCUT2D eigenvalue weighted by atomic mass is 16.5. The number of hydrogen-bond acceptors (Lipinski definition) is 5. The number of hydrogen-bond donors (Lipinski definition) is 2.